The Bertz CT molecular complexity index is 387. The summed E-state index contributed by atoms with van der Waals surface area (Å²) in [4.78, 5) is 4.92. The van der Waals surface area contributed by atoms with Gasteiger partial charge in [0.1, 0.15) is 0 Å². The van der Waals surface area contributed by atoms with Gasteiger partial charge in [0.15, 0.2) is 0 Å². The van der Waals surface area contributed by atoms with Crippen molar-refractivity contribution in [2.24, 2.45) is 0 Å². The van der Waals surface area contributed by atoms with E-state index >= 15 is 0 Å². The van der Waals surface area contributed by atoms with E-state index in [1.165, 1.54) is 41.9 Å². The monoisotopic (exact) mass is 311 g/mol. The third kappa shape index (κ3) is 3.97. The number of halogens is 1. The summed E-state index contributed by atoms with van der Waals surface area (Å²) in [5.41, 5.74) is 2.49. The van der Waals surface area contributed by atoms with Crippen LogP contribution in [0.3, 0.4) is 0 Å². The second-order valence-electron chi connectivity index (χ2n) is 5.04. The summed E-state index contributed by atoms with van der Waals surface area (Å²) in [6.07, 6.45) is 0. The lowest BCUT2D eigenvalue weighted by atomic mass is 10.2. The molecule has 1 aromatic rings. The zero-order valence-electron chi connectivity index (χ0n) is 11.2. The van der Waals surface area contributed by atoms with Crippen LogP contribution in [0.5, 0.6) is 0 Å². The Balaban J connectivity index is 1.73. The summed E-state index contributed by atoms with van der Waals surface area (Å²) >= 11 is 3.53. The molecule has 100 valence electrons. The molecule has 1 aliphatic heterocycles. The van der Waals surface area contributed by atoms with E-state index in [-0.39, 0.29) is 0 Å². The third-order valence-electron chi connectivity index (χ3n) is 3.51. The lowest BCUT2D eigenvalue weighted by Gasteiger charge is -2.32. The summed E-state index contributed by atoms with van der Waals surface area (Å²) in [6, 6.07) is 6.42. The second-order valence-corrected chi connectivity index (χ2v) is 5.89. The maximum Gasteiger partial charge on any atom is 0.0344 e. The van der Waals surface area contributed by atoms with Crippen molar-refractivity contribution in [3.05, 3.63) is 28.2 Å². The lowest BCUT2D eigenvalue weighted by Crippen LogP contribution is -2.45. The maximum atomic E-state index is 3.53. The number of nitrogens with one attached hydrogen (secondary N) is 1. The van der Waals surface area contributed by atoms with Gasteiger partial charge in [-0.3, -0.25) is 4.90 Å². The smallest absolute Gasteiger partial charge is 0.0344 e. The minimum absolute atomic E-state index is 1.02. The summed E-state index contributed by atoms with van der Waals surface area (Å²) in [5.74, 6) is 0. The van der Waals surface area contributed by atoms with Crippen molar-refractivity contribution in [1.29, 1.82) is 0 Å². The van der Waals surface area contributed by atoms with Gasteiger partial charge in [0.05, 0.1) is 0 Å². The largest absolute Gasteiger partial charge is 0.384 e. The molecular weight excluding hydrogens is 290 g/mol. The minimum atomic E-state index is 1.02. The van der Waals surface area contributed by atoms with Gasteiger partial charge < -0.3 is 10.2 Å². The highest BCUT2D eigenvalue weighted by Crippen LogP contribution is 2.19. The van der Waals surface area contributed by atoms with E-state index in [9.17, 15) is 0 Å². The summed E-state index contributed by atoms with van der Waals surface area (Å²) < 4.78 is 1.17. The highest BCUT2D eigenvalue weighted by atomic mass is 79.9. The fourth-order valence-corrected chi connectivity index (χ4v) is 2.43. The first-order valence-electron chi connectivity index (χ1n) is 6.56. The number of anilines is 1. The van der Waals surface area contributed by atoms with Crippen LogP contribution in [0.2, 0.25) is 0 Å². The average Bonchev–Trinajstić information content (AvgIpc) is 2.36. The van der Waals surface area contributed by atoms with Crippen LogP contribution in [-0.2, 0) is 0 Å². The Morgan fingerprint density at radius 1 is 1.22 bits per heavy atom. The van der Waals surface area contributed by atoms with Gasteiger partial charge in [-0.1, -0.05) is 15.9 Å². The molecule has 0 amide bonds. The van der Waals surface area contributed by atoms with E-state index in [0.717, 1.165) is 13.1 Å². The summed E-state index contributed by atoms with van der Waals surface area (Å²) in [5, 5.41) is 3.50. The molecule has 1 N–H and O–H groups in total. The summed E-state index contributed by atoms with van der Waals surface area (Å²) in [6.45, 7) is 9.04. The van der Waals surface area contributed by atoms with Crippen molar-refractivity contribution in [2.75, 3.05) is 51.6 Å². The van der Waals surface area contributed by atoms with Gasteiger partial charge in [0, 0.05) is 49.4 Å². The van der Waals surface area contributed by atoms with E-state index in [1.54, 1.807) is 0 Å². The molecule has 0 atom stereocenters. The SMILES string of the molecule is Cc1cc(NCCN2CCN(C)CC2)ccc1Br. The van der Waals surface area contributed by atoms with E-state index in [4.69, 9.17) is 0 Å². The number of hydrogen-bond acceptors (Lipinski definition) is 3. The number of likely N-dealkylation sites (N-methyl/N-ethyl adjacent to an activating group) is 1. The fraction of sp³-hybridized carbons (Fsp3) is 0.571. The van der Waals surface area contributed by atoms with E-state index in [2.05, 4.69) is 63.2 Å². The molecule has 1 aliphatic rings. The van der Waals surface area contributed by atoms with Crippen molar-refractivity contribution in [1.82, 2.24) is 9.80 Å². The molecule has 0 radical (unpaired) electrons. The lowest BCUT2D eigenvalue weighted by molar-refractivity contribution is 0.158. The molecule has 1 heterocycles. The van der Waals surface area contributed by atoms with Crippen molar-refractivity contribution in [3.63, 3.8) is 0 Å². The zero-order chi connectivity index (χ0) is 13.0. The quantitative estimate of drug-likeness (QED) is 0.921. The van der Waals surface area contributed by atoms with E-state index in [1.807, 2.05) is 0 Å². The van der Waals surface area contributed by atoms with Crippen LogP contribution < -0.4 is 5.32 Å². The van der Waals surface area contributed by atoms with Crippen LogP contribution in [0.25, 0.3) is 0 Å². The number of piperazine rings is 1. The number of rotatable bonds is 4. The summed E-state index contributed by atoms with van der Waals surface area (Å²) in [7, 11) is 2.19. The molecule has 1 fully saturated rings. The van der Waals surface area contributed by atoms with E-state index in [0.29, 0.717) is 0 Å². The molecule has 0 aliphatic carbocycles. The standard InChI is InChI=1S/C14H22BrN3/c1-12-11-13(3-4-14(12)15)16-5-6-18-9-7-17(2)8-10-18/h3-4,11,16H,5-10H2,1-2H3. The van der Waals surface area contributed by atoms with Crippen LogP contribution in [0.4, 0.5) is 5.69 Å². The van der Waals surface area contributed by atoms with Crippen LogP contribution in [0.15, 0.2) is 22.7 Å². The normalized spacial score (nSPS) is 17.9. The molecule has 0 saturated carbocycles. The van der Waals surface area contributed by atoms with Crippen molar-refractivity contribution >= 4 is 21.6 Å². The first kappa shape index (κ1) is 13.8. The molecular formula is C14H22BrN3. The first-order valence-corrected chi connectivity index (χ1v) is 7.35. The number of aryl methyl sites for hydroxylation is 1. The van der Waals surface area contributed by atoms with Crippen molar-refractivity contribution in [2.45, 2.75) is 6.92 Å². The third-order valence-corrected chi connectivity index (χ3v) is 4.40. The molecule has 0 spiro atoms. The van der Waals surface area contributed by atoms with Crippen LogP contribution in [0, 0.1) is 6.92 Å². The molecule has 4 heteroatoms. The van der Waals surface area contributed by atoms with Gasteiger partial charge in [0.2, 0.25) is 0 Å². The van der Waals surface area contributed by atoms with Gasteiger partial charge >= 0.3 is 0 Å². The van der Waals surface area contributed by atoms with Crippen LogP contribution in [0.1, 0.15) is 5.56 Å². The highest BCUT2D eigenvalue weighted by molar-refractivity contribution is 9.10. The Labute approximate surface area is 118 Å². The fourth-order valence-electron chi connectivity index (χ4n) is 2.18. The predicted molar refractivity (Wildman–Crippen MR) is 81.3 cm³/mol. The van der Waals surface area contributed by atoms with Crippen LogP contribution in [-0.4, -0.2) is 56.1 Å². The molecule has 0 unspecified atom stereocenters. The molecule has 2 rings (SSSR count). The Morgan fingerprint density at radius 2 is 1.94 bits per heavy atom. The molecule has 18 heavy (non-hydrogen) atoms. The zero-order valence-corrected chi connectivity index (χ0v) is 12.8. The molecule has 0 bridgehead atoms. The van der Waals surface area contributed by atoms with E-state index < -0.39 is 0 Å². The van der Waals surface area contributed by atoms with Crippen molar-refractivity contribution in [3.8, 4) is 0 Å². The van der Waals surface area contributed by atoms with Gasteiger partial charge in [-0.05, 0) is 37.7 Å². The highest BCUT2D eigenvalue weighted by Gasteiger charge is 2.12. The second kappa shape index (κ2) is 6.55. The topological polar surface area (TPSA) is 18.5 Å². The molecule has 1 saturated heterocycles. The average molecular weight is 312 g/mol. The van der Waals surface area contributed by atoms with Crippen LogP contribution >= 0.6 is 15.9 Å². The predicted octanol–water partition coefficient (Wildman–Crippen LogP) is 2.42. The molecule has 3 nitrogen and oxygen atoms in total. The maximum absolute atomic E-state index is 3.53. The minimum Gasteiger partial charge on any atom is -0.384 e. The molecule has 1 aromatic carbocycles. The first-order chi connectivity index (χ1) is 8.65. The Hall–Kier alpha value is -0.580. The number of hydrogen-bond donors (Lipinski definition) is 1. The Kier molecular flexibility index (Phi) is 5.03. The van der Waals surface area contributed by atoms with Gasteiger partial charge in [-0.15, -0.1) is 0 Å². The van der Waals surface area contributed by atoms with Gasteiger partial charge in [-0.25, -0.2) is 0 Å². The number of benzene rings is 1. The number of nitrogens with zero attached hydrogens (tertiary/aromatic N) is 2. The van der Waals surface area contributed by atoms with Gasteiger partial charge in [-0.2, -0.15) is 0 Å². The molecule has 0 aromatic heterocycles. The van der Waals surface area contributed by atoms with Gasteiger partial charge in [0.25, 0.3) is 0 Å². The van der Waals surface area contributed by atoms with Crippen molar-refractivity contribution < 1.29 is 0 Å². The Morgan fingerprint density at radius 3 is 2.61 bits per heavy atom.